The summed E-state index contributed by atoms with van der Waals surface area (Å²) < 4.78 is 2.16. The van der Waals surface area contributed by atoms with Gasteiger partial charge in [0, 0.05) is 23.1 Å². The van der Waals surface area contributed by atoms with Crippen LogP contribution in [0.15, 0.2) is 72.6 Å². The molecule has 3 N–H and O–H groups in total. The SMILES string of the molecule is C=CC[n+]1c(-c2ccccc2)csc1Nc1ccc(NC(=O)CCC(=O)O)cc1.[Br-]. The fraction of sp³-hybridized carbons (Fsp3) is 0.136. The van der Waals surface area contributed by atoms with E-state index < -0.39 is 5.97 Å². The van der Waals surface area contributed by atoms with Crippen molar-refractivity contribution in [2.45, 2.75) is 19.4 Å². The number of thiazole rings is 1. The number of halogens is 1. The van der Waals surface area contributed by atoms with Crippen molar-refractivity contribution in [3.63, 3.8) is 0 Å². The number of nitrogens with one attached hydrogen (secondary N) is 2. The number of rotatable bonds is 9. The van der Waals surface area contributed by atoms with Gasteiger partial charge in [-0.1, -0.05) is 54.3 Å². The molecule has 1 aromatic heterocycles. The van der Waals surface area contributed by atoms with Crippen LogP contribution in [-0.2, 0) is 16.1 Å². The summed E-state index contributed by atoms with van der Waals surface area (Å²) >= 11 is 1.61. The van der Waals surface area contributed by atoms with Crippen molar-refractivity contribution in [3.05, 3.63) is 72.6 Å². The Balaban J connectivity index is 0.00000320. The Morgan fingerprint density at radius 3 is 2.33 bits per heavy atom. The van der Waals surface area contributed by atoms with Crippen LogP contribution in [0.1, 0.15) is 12.8 Å². The zero-order valence-electron chi connectivity index (χ0n) is 16.2. The Kier molecular flexibility index (Phi) is 8.76. The van der Waals surface area contributed by atoms with Gasteiger partial charge in [0.15, 0.2) is 0 Å². The summed E-state index contributed by atoms with van der Waals surface area (Å²) in [5.41, 5.74) is 3.76. The number of carboxylic acids is 1. The molecule has 0 aliphatic rings. The largest absolute Gasteiger partial charge is 1.00 e. The van der Waals surface area contributed by atoms with E-state index in [1.807, 2.05) is 36.4 Å². The highest BCUT2D eigenvalue weighted by atomic mass is 79.9. The number of carbonyl (C=O) groups is 2. The highest BCUT2D eigenvalue weighted by molar-refractivity contribution is 7.13. The summed E-state index contributed by atoms with van der Waals surface area (Å²) in [6, 6.07) is 17.5. The Bertz CT molecular complexity index is 1000. The second-order valence-corrected chi connectivity index (χ2v) is 7.19. The van der Waals surface area contributed by atoms with Crippen LogP contribution >= 0.6 is 11.3 Å². The highest BCUT2D eigenvalue weighted by Gasteiger charge is 2.18. The highest BCUT2D eigenvalue weighted by Crippen LogP contribution is 2.26. The van der Waals surface area contributed by atoms with Gasteiger partial charge in [-0.05, 0) is 24.3 Å². The van der Waals surface area contributed by atoms with Gasteiger partial charge in [-0.3, -0.25) is 9.59 Å². The summed E-state index contributed by atoms with van der Waals surface area (Å²) in [6.07, 6.45) is 1.63. The van der Waals surface area contributed by atoms with Crippen molar-refractivity contribution in [1.29, 1.82) is 0 Å². The van der Waals surface area contributed by atoms with Gasteiger partial charge in [-0.25, -0.2) is 9.88 Å². The lowest BCUT2D eigenvalue weighted by molar-refractivity contribution is -0.657. The van der Waals surface area contributed by atoms with Gasteiger partial charge in [0.1, 0.15) is 17.9 Å². The summed E-state index contributed by atoms with van der Waals surface area (Å²) in [7, 11) is 0. The summed E-state index contributed by atoms with van der Waals surface area (Å²) in [5.74, 6) is -1.30. The maximum absolute atomic E-state index is 11.7. The van der Waals surface area contributed by atoms with Crippen molar-refractivity contribution >= 4 is 39.7 Å². The van der Waals surface area contributed by atoms with Crippen LogP contribution in [0.3, 0.4) is 0 Å². The summed E-state index contributed by atoms with van der Waals surface area (Å²) in [5, 5.41) is 17.8. The van der Waals surface area contributed by atoms with Gasteiger partial charge < -0.3 is 27.4 Å². The van der Waals surface area contributed by atoms with Gasteiger partial charge in [0.2, 0.25) is 5.91 Å². The molecule has 1 amide bonds. The van der Waals surface area contributed by atoms with E-state index in [4.69, 9.17) is 5.11 Å². The van der Waals surface area contributed by atoms with E-state index in [0.29, 0.717) is 12.2 Å². The fourth-order valence-corrected chi connectivity index (χ4v) is 3.76. The molecule has 0 spiro atoms. The summed E-state index contributed by atoms with van der Waals surface area (Å²) in [6.45, 7) is 4.54. The zero-order chi connectivity index (χ0) is 20.6. The number of allylic oxidation sites excluding steroid dienone is 1. The first kappa shape index (κ1) is 23.3. The number of aromatic nitrogens is 1. The first-order valence-corrected chi connectivity index (χ1v) is 10.0. The lowest BCUT2D eigenvalue weighted by Crippen LogP contribution is -3.00. The number of carbonyl (C=O) groups excluding carboxylic acids is 1. The maximum Gasteiger partial charge on any atom is 0.339 e. The van der Waals surface area contributed by atoms with E-state index >= 15 is 0 Å². The second-order valence-electron chi connectivity index (χ2n) is 6.34. The molecule has 30 heavy (non-hydrogen) atoms. The van der Waals surface area contributed by atoms with Crippen molar-refractivity contribution in [1.82, 2.24) is 0 Å². The van der Waals surface area contributed by atoms with Gasteiger partial charge >= 0.3 is 11.1 Å². The van der Waals surface area contributed by atoms with Gasteiger partial charge in [0.25, 0.3) is 0 Å². The third kappa shape index (κ3) is 6.27. The molecule has 3 aromatic rings. The maximum atomic E-state index is 11.7. The van der Waals surface area contributed by atoms with E-state index in [2.05, 4.69) is 39.3 Å². The molecule has 0 radical (unpaired) electrons. The molecule has 6 nitrogen and oxygen atoms in total. The van der Waals surface area contributed by atoms with Crippen LogP contribution in [0.25, 0.3) is 11.3 Å². The third-order valence-corrected chi connectivity index (χ3v) is 5.07. The van der Waals surface area contributed by atoms with E-state index in [9.17, 15) is 9.59 Å². The minimum atomic E-state index is -0.988. The number of aliphatic carboxylic acids is 1. The summed E-state index contributed by atoms with van der Waals surface area (Å²) in [4.78, 5) is 22.3. The first-order valence-electron chi connectivity index (χ1n) is 9.13. The van der Waals surface area contributed by atoms with E-state index in [0.717, 1.165) is 22.1 Å². The minimum Gasteiger partial charge on any atom is -1.00 e. The smallest absolute Gasteiger partial charge is 0.339 e. The van der Waals surface area contributed by atoms with Crippen LogP contribution < -0.4 is 32.2 Å². The van der Waals surface area contributed by atoms with Crippen LogP contribution in [0.5, 0.6) is 0 Å². The Labute approximate surface area is 189 Å². The molecular formula is C22H22BrN3O3S. The van der Waals surface area contributed by atoms with Gasteiger partial charge in [-0.15, -0.1) is 0 Å². The van der Waals surface area contributed by atoms with Crippen molar-refractivity contribution in [3.8, 4) is 11.3 Å². The minimum absolute atomic E-state index is 0. The predicted octanol–water partition coefficient (Wildman–Crippen LogP) is 1.44. The molecule has 0 saturated heterocycles. The standard InChI is InChI=1S/C22H21N3O3S.BrH/c1-2-14-25-19(16-6-4-3-5-7-16)15-29-22(25)24-18-10-8-17(9-11-18)23-20(26)12-13-21(27)28;/h2-11,15H,1,12-14H2,(H2,23,26,27,28);1H. The average molecular weight is 488 g/mol. The normalized spacial score (nSPS) is 10.0. The number of nitrogens with zero attached hydrogens (tertiary/aromatic N) is 1. The van der Waals surface area contributed by atoms with E-state index in [-0.39, 0.29) is 35.7 Å². The first-order chi connectivity index (χ1) is 14.1. The molecule has 0 aliphatic carbocycles. The number of hydrogen-bond acceptors (Lipinski definition) is 4. The lowest BCUT2D eigenvalue weighted by atomic mass is 10.2. The molecule has 0 unspecified atom stereocenters. The van der Waals surface area contributed by atoms with Crippen LogP contribution in [0.4, 0.5) is 16.5 Å². The third-order valence-electron chi connectivity index (χ3n) is 4.19. The number of anilines is 3. The Morgan fingerprint density at radius 1 is 1.03 bits per heavy atom. The van der Waals surface area contributed by atoms with E-state index in [1.165, 1.54) is 0 Å². The molecule has 0 aliphatic heterocycles. The molecular weight excluding hydrogens is 466 g/mol. The number of amides is 1. The molecule has 0 saturated carbocycles. The molecule has 3 rings (SSSR count). The number of benzene rings is 2. The number of carboxylic acid groups (broad SMARTS) is 1. The second kappa shape index (κ2) is 11.3. The molecule has 8 heteroatoms. The van der Waals surface area contributed by atoms with E-state index in [1.54, 1.807) is 23.5 Å². The molecule has 0 bridgehead atoms. The fourth-order valence-electron chi connectivity index (χ4n) is 2.79. The quantitative estimate of drug-likeness (QED) is 0.315. The van der Waals surface area contributed by atoms with Gasteiger partial charge in [0.05, 0.1) is 6.42 Å². The number of hydrogen-bond donors (Lipinski definition) is 3. The average Bonchev–Trinajstić information content (AvgIpc) is 3.11. The van der Waals surface area contributed by atoms with Crippen LogP contribution in [-0.4, -0.2) is 17.0 Å². The Morgan fingerprint density at radius 2 is 1.70 bits per heavy atom. The van der Waals surface area contributed by atoms with Crippen molar-refractivity contribution < 1.29 is 36.2 Å². The lowest BCUT2D eigenvalue weighted by Gasteiger charge is -2.06. The van der Waals surface area contributed by atoms with Crippen molar-refractivity contribution in [2.75, 3.05) is 10.6 Å². The van der Waals surface area contributed by atoms with Gasteiger partial charge in [-0.2, -0.15) is 0 Å². The molecule has 0 fully saturated rings. The topological polar surface area (TPSA) is 82.3 Å². The Hall–Kier alpha value is -2.97. The van der Waals surface area contributed by atoms with Crippen LogP contribution in [0, 0.1) is 0 Å². The zero-order valence-corrected chi connectivity index (χ0v) is 18.6. The molecule has 156 valence electrons. The van der Waals surface area contributed by atoms with Crippen molar-refractivity contribution in [2.24, 2.45) is 0 Å². The van der Waals surface area contributed by atoms with Crippen LogP contribution in [0.2, 0.25) is 0 Å². The molecule has 0 atom stereocenters. The molecule has 2 aromatic carbocycles. The predicted molar refractivity (Wildman–Crippen MR) is 115 cm³/mol. The monoisotopic (exact) mass is 487 g/mol. The molecule has 1 heterocycles.